The average Bonchev–Trinajstić information content (AvgIpc) is 3.52. The van der Waals surface area contributed by atoms with Crippen LogP contribution in [0.3, 0.4) is 0 Å². The summed E-state index contributed by atoms with van der Waals surface area (Å²) in [6.45, 7) is -2.78. The number of fused-ring (bicyclic) bond motifs is 1. The van der Waals surface area contributed by atoms with E-state index < -0.39 is 12.5 Å². The van der Waals surface area contributed by atoms with Gasteiger partial charge in [0.05, 0.1) is 25.6 Å². The Morgan fingerprint density at radius 2 is 1.92 bits per heavy atom. The van der Waals surface area contributed by atoms with Crippen molar-refractivity contribution in [1.29, 1.82) is 0 Å². The van der Waals surface area contributed by atoms with Crippen LogP contribution in [0, 0.1) is 11.8 Å². The lowest BCUT2D eigenvalue weighted by Gasteiger charge is -2.34. The summed E-state index contributed by atoms with van der Waals surface area (Å²) in [5, 5.41) is 0. The summed E-state index contributed by atoms with van der Waals surface area (Å²) < 4.78 is 70.0. The number of aromatic nitrogens is 2. The molecule has 2 aliphatic rings. The molecule has 0 radical (unpaired) electrons. The molecule has 3 aromatic rings. The second-order valence-corrected chi connectivity index (χ2v) is 9.50. The van der Waals surface area contributed by atoms with Crippen molar-refractivity contribution < 1.29 is 36.6 Å². The molecular weight excluding hydrogens is 480 g/mol. The van der Waals surface area contributed by atoms with E-state index in [1.165, 1.54) is 13.2 Å². The van der Waals surface area contributed by atoms with Gasteiger partial charge in [0.1, 0.15) is 28.5 Å². The topological polar surface area (TPSA) is 62.1 Å². The fourth-order valence-electron chi connectivity index (χ4n) is 4.65. The molecule has 2 fully saturated rings. The van der Waals surface area contributed by atoms with Crippen molar-refractivity contribution in [1.82, 2.24) is 9.38 Å². The maximum atomic E-state index is 13.2. The number of hydrogen-bond donors (Lipinski definition) is 0. The highest BCUT2D eigenvalue weighted by Gasteiger charge is 2.44. The molecule has 2 saturated carbocycles. The number of methoxy groups -OCH3 is 1. The number of pyridine rings is 1. The first-order valence-electron chi connectivity index (χ1n) is 11.9. The second-order valence-electron chi connectivity index (χ2n) is 9.50. The summed E-state index contributed by atoms with van der Waals surface area (Å²) in [4.78, 5) is 17.2. The van der Waals surface area contributed by atoms with Crippen molar-refractivity contribution in [2.45, 2.75) is 51.1 Å². The van der Waals surface area contributed by atoms with Crippen LogP contribution in [-0.2, 0) is 0 Å². The summed E-state index contributed by atoms with van der Waals surface area (Å²) >= 11 is 0. The Hall–Kier alpha value is -3.30. The largest absolute Gasteiger partial charge is 0.496 e. The van der Waals surface area contributed by atoms with Crippen LogP contribution in [-0.4, -0.2) is 41.4 Å². The molecule has 36 heavy (non-hydrogen) atoms. The minimum atomic E-state index is -3.11. The number of hydrogen-bond acceptors (Lipinski definition) is 5. The van der Waals surface area contributed by atoms with Crippen molar-refractivity contribution >= 4 is 11.4 Å². The van der Waals surface area contributed by atoms with Crippen LogP contribution in [0.4, 0.5) is 17.6 Å². The zero-order chi connectivity index (χ0) is 25.4. The van der Waals surface area contributed by atoms with E-state index in [1.54, 1.807) is 35.0 Å². The Bertz CT molecular complexity index is 1260. The van der Waals surface area contributed by atoms with E-state index in [4.69, 9.17) is 14.2 Å². The molecule has 0 atom stereocenters. The Labute approximate surface area is 205 Å². The number of alkyl halides is 4. The van der Waals surface area contributed by atoms with Crippen molar-refractivity contribution in [2.24, 2.45) is 11.8 Å². The van der Waals surface area contributed by atoms with E-state index >= 15 is 0 Å². The van der Waals surface area contributed by atoms with Gasteiger partial charge in [0.15, 0.2) is 5.78 Å². The molecule has 2 heterocycles. The van der Waals surface area contributed by atoms with Crippen LogP contribution in [0.5, 0.6) is 17.2 Å². The van der Waals surface area contributed by atoms with Gasteiger partial charge >= 0.3 is 6.61 Å². The van der Waals surface area contributed by atoms with E-state index in [0.717, 1.165) is 12.8 Å². The zero-order valence-corrected chi connectivity index (χ0v) is 19.7. The molecule has 2 aromatic heterocycles. The van der Waals surface area contributed by atoms with Crippen LogP contribution in [0.2, 0.25) is 0 Å². The van der Waals surface area contributed by atoms with Gasteiger partial charge in [-0.25, -0.2) is 13.8 Å². The molecule has 1 aromatic carbocycles. The van der Waals surface area contributed by atoms with Gasteiger partial charge < -0.3 is 14.2 Å². The Morgan fingerprint density at radius 1 is 1.17 bits per heavy atom. The summed E-state index contributed by atoms with van der Waals surface area (Å²) in [6.07, 6.45) is 5.81. The molecule has 6 nitrogen and oxygen atoms in total. The minimum absolute atomic E-state index is 0.0159. The number of benzene rings is 1. The number of ether oxygens (including phenoxy) is 3. The number of halogens is 4. The van der Waals surface area contributed by atoms with Crippen LogP contribution in [0.15, 0.2) is 36.7 Å². The van der Waals surface area contributed by atoms with Crippen LogP contribution < -0.4 is 14.2 Å². The highest BCUT2D eigenvalue weighted by atomic mass is 19.3. The van der Waals surface area contributed by atoms with Gasteiger partial charge in [-0.15, -0.1) is 0 Å². The van der Waals surface area contributed by atoms with Crippen LogP contribution in [0.25, 0.3) is 16.9 Å². The maximum Gasteiger partial charge on any atom is 0.387 e. The third-order valence-electron chi connectivity index (χ3n) is 6.70. The number of carbonyl (C=O) groups is 1. The number of nitrogens with zero attached hydrogens (tertiary/aromatic N) is 2. The number of Topliss-reactive ketones (excluding diaryl/α,β-unsaturated/α-hetero) is 1. The number of carbonyl (C=O) groups excluding carboxylic acids is 1. The predicted molar refractivity (Wildman–Crippen MR) is 123 cm³/mol. The molecule has 0 aliphatic heterocycles. The molecule has 0 N–H and O–H groups in total. The van der Waals surface area contributed by atoms with Gasteiger partial charge in [0, 0.05) is 37.1 Å². The normalized spacial score (nSPS) is 17.3. The molecule has 0 amide bonds. The minimum Gasteiger partial charge on any atom is -0.496 e. The summed E-state index contributed by atoms with van der Waals surface area (Å²) in [5.41, 5.74) is 1.62. The fraction of sp³-hybridized carbons (Fsp3) is 0.462. The smallest absolute Gasteiger partial charge is 0.387 e. The van der Waals surface area contributed by atoms with Crippen molar-refractivity contribution in [2.75, 3.05) is 13.7 Å². The van der Waals surface area contributed by atoms with Crippen LogP contribution in [0.1, 0.15) is 48.9 Å². The Morgan fingerprint density at radius 3 is 2.58 bits per heavy atom. The summed E-state index contributed by atoms with van der Waals surface area (Å²) in [5.74, 6) is -2.12. The second kappa shape index (κ2) is 9.63. The highest BCUT2D eigenvalue weighted by Crippen LogP contribution is 2.44. The van der Waals surface area contributed by atoms with Gasteiger partial charge in [-0.2, -0.15) is 8.78 Å². The Balaban J connectivity index is 1.38. The van der Waals surface area contributed by atoms with Gasteiger partial charge in [-0.3, -0.25) is 9.20 Å². The fourth-order valence-corrected chi connectivity index (χ4v) is 4.65. The van der Waals surface area contributed by atoms with Crippen molar-refractivity contribution in [3.63, 3.8) is 0 Å². The number of ketones is 1. The number of imidazole rings is 1. The van der Waals surface area contributed by atoms with Crippen molar-refractivity contribution in [3.8, 4) is 28.5 Å². The molecule has 10 heteroatoms. The first-order chi connectivity index (χ1) is 17.2. The molecule has 192 valence electrons. The first kappa shape index (κ1) is 24.4. The van der Waals surface area contributed by atoms with Crippen LogP contribution >= 0.6 is 0 Å². The molecule has 5 rings (SSSR count). The lowest BCUT2D eigenvalue weighted by atomic mass is 9.79. The van der Waals surface area contributed by atoms with E-state index in [0.29, 0.717) is 35.7 Å². The SMILES string of the molecule is COc1cc(-c2cnc3cc(OCCC4CC(F)(F)C4)ccn23)cc(OC(F)F)c1C(=O)CC1CC1. The summed E-state index contributed by atoms with van der Waals surface area (Å²) in [7, 11) is 1.38. The van der Waals surface area contributed by atoms with Gasteiger partial charge in [-0.05, 0) is 49.3 Å². The lowest BCUT2D eigenvalue weighted by molar-refractivity contribution is -0.113. The molecule has 0 saturated heterocycles. The Kier molecular flexibility index (Phi) is 6.53. The molecule has 0 bridgehead atoms. The average molecular weight is 506 g/mol. The van der Waals surface area contributed by atoms with E-state index in [9.17, 15) is 22.4 Å². The maximum absolute atomic E-state index is 13.2. The van der Waals surface area contributed by atoms with E-state index in [1.807, 2.05) is 0 Å². The highest BCUT2D eigenvalue weighted by molar-refractivity contribution is 6.02. The van der Waals surface area contributed by atoms with E-state index in [2.05, 4.69) is 4.98 Å². The molecule has 0 unspecified atom stereocenters. The standard InChI is InChI=1S/C26H26F4N2O4/c1-34-21-9-17(10-22(36-25(27)28)24(21)20(33)8-15-2-3-15)19-14-31-23-11-18(4-6-32(19)23)35-7-5-16-12-26(29,30)13-16/h4,6,9-11,14-16,25H,2-3,5,7-8,12-13H2,1H3. The third-order valence-corrected chi connectivity index (χ3v) is 6.70. The molecule has 0 spiro atoms. The first-order valence-corrected chi connectivity index (χ1v) is 11.9. The monoisotopic (exact) mass is 506 g/mol. The molecule has 2 aliphatic carbocycles. The van der Waals surface area contributed by atoms with E-state index in [-0.39, 0.29) is 53.9 Å². The third kappa shape index (κ3) is 5.27. The predicted octanol–water partition coefficient (Wildman–Crippen LogP) is 6.41. The van der Waals surface area contributed by atoms with Crippen molar-refractivity contribution in [3.05, 3.63) is 42.2 Å². The number of rotatable bonds is 11. The molecular formula is C26H26F4N2O4. The van der Waals surface area contributed by atoms with Gasteiger partial charge in [0.2, 0.25) is 5.92 Å². The zero-order valence-electron chi connectivity index (χ0n) is 19.7. The summed E-state index contributed by atoms with van der Waals surface area (Å²) in [6, 6.07) is 6.44. The lowest BCUT2D eigenvalue weighted by Crippen LogP contribution is -2.36. The van der Waals surface area contributed by atoms with Gasteiger partial charge in [0.25, 0.3) is 0 Å². The van der Waals surface area contributed by atoms with Gasteiger partial charge in [-0.1, -0.05) is 0 Å². The quantitative estimate of drug-likeness (QED) is 0.222.